The molecular formula is C22H24FNO3. The first-order chi connectivity index (χ1) is 12.9. The summed E-state index contributed by atoms with van der Waals surface area (Å²) < 4.78 is 13.8. The Bertz CT molecular complexity index is 813. The van der Waals surface area contributed by atoms with E-state index in [4.69, 9.17) is 0 Å². The molecule has 1 heterocycles. The molecule has 3 rings (SSSR count). The van der Waals surface area contributed by atoms with Gasteiger partial charge in [-0.15, -0.1) is 0 Å². The predicted octanol–water partition coefficient (Wildman–Crippen LogP) is 3.65. The number of hydrogen-bond donors (Lipinski definition) is 1. The SMILES string of the molecule is CC(Cc1ccccc1F)C(=O)N1CCC(C(=O)O)(c2ccccc2)CC1. The first-order valence-corrected chi connectivity index (χ1v) is 9.25. The molecule has 1 aliphatic rings. The van der Waals surface area contributed by atoms with Crippen LogP contribution in [0.25, 0.3) is 0 Å². The number of carboxylic acids is 1. The molecule has 1 N–H and O–H groups in total. The molecule has 1 fully saturated rings. The van der Waals surface area contributed by atoms with Gasteiger partial charge < -0.3 is 10.0 Å². The number of amides is 1. The van der Waals surface area contributed by atoms with Crippen molar-refractivity contribution in [3.05, 3.63) is 71.5 Å². The number of rotatable bonds is 5. The van der Waals surface area contributed by atoms with Crippen LogP contribution in [0.1, 0.15) is 30.9 Å². The number of carboxylic acid groups (broad SMARTS) is 1. The van der Waals surface area contributed by atoms with Gasteiger partial charge in [-0.25, -0.2) is 4.39 Å². The van der Waals surface area contributed by atoms with E-state index >= 15 is 0 Å². The first kappa shape index (κ1) is 19.1. The van der Waals surface area contributed by atoms with E-state index in [1.54, 1.807) is 30.0 Å². The van der Waals surface area contributed by atoms with Crippen LogP contribution in [-0.2, 0) is 21.4 Å². The summed E-state index contributed by atoms with van der Waals surface area (Å²) in [7, 11) is 0. The minimum Gasteiger partial charge on any atom is -0.481 e. The van der Waals surface area contributed by atoms with Crippen molar-refractivity contribution in [2.45, 2.75) is 31.6 Å². The molecular weight excluding hydrogens is 345 g/mol. The predicted molar refractivity (Wildman–Crippen MR) is 101 cm³/mol. The largest absolute Gasteiger partial charge is 0.481 e. The summed E-state index contributed by atoms with van der Waals surface area (Å²) in [6, 6.07) is 15.7. The Morgan fingerprint density at radius 1 is 1.07 bits per heavy atom. The van der Waals surface area contributed by atoms with Crippen molar-refractivity contribution in [2.75, 3.05) is 13.1 Å². The fourth-order valence-electron chi connectivity index (χ4n) is 3.88. The fourth-order valence-corrected chi connectivity index (χ4v) is 3.88. The zero-order chi connectivity index (χ0) is 19.4. The van der Waals surface area contributed by atoms with Crippen molar-refractivity contribution in [1.82, 2.24) is 4.90 Å². The Morgan fingerprint density at radius 2 is 1.67 bits per heavy atom. The highest BCUT2D eigenvalue weighted by Crippen LogP contribution is 2.36. The minimum atomic E-state index is -0.952. The molecule has 0 aromatic heterocycles. The molecule has 27 heavy (non-hydrogen) atoms. The number of piperidine rings is 1. The van der Waals surface area contributed by atoms with E-state index < -0.39 is 11.4 Å². The molecule has 142 valence electrons. The van der Waals surface area contributed by atoms with Gasteiger partial charge in [-0.05, 0) is 36.5 Å². The van der Waals surface area contributed by atoms with Crippen LogP contribution < -0.4 is 0 Å². The van der Waals surface area contributed by atoms with Crippen LogP contribution in [0.2, 0.25) is 0 Å². The third-order valence-corrected chi connectivity index (χ3v) is 5.57. The standard InChI is InChI=1S/C22H24FNO3/c1-16(15-17-7-5-6-10-19(17)23)20(25)24-13-11-22(12-14-24,21(26)27)18-8-3-2-4-9-18/h2-10,16H,11-15H2,1H3,(H,26,27). The van der Waals surface area contributed by atoms with Gasteiger partial charge in [0.15, 0.2) is 0 Å². The second-order valence-corrected chi connectivity index (χ2v) is 7.28. The summed E-state index contributed by atoms with van der Waals surface area (Å²) in [6.07, 6.45) is 1.10. The fraction of sp³-hybridized carbons (Fsp3) is 0.364. The van der Waals surface area contributed by atoms with Gasteiger partial charge in [0.25, 0.3) is 0 Å². The van der Waals surface area contributed by atoms with Crippen LogP contribution in [0.15, 0.2) is 54.6 Å². The summed E-state index contributed by atoms with van der Waals surface area (Å²) in [6.45, 7) is 2.58. The summed E-state index contributed by atoms with van der Waals surface area (Å²) in [5.74, 6) is -1.55. The van der Waals surface area contributed by atoms with Gasteiger partial charge in [0.1, 0.15) is 5.82 Å². The molecule has 1 unspecified atom stereocenters. The molecule has 0 radical (unpaired) electrons. The minimum absolute atomic E-state index is 0.0506. The van der Waals surface area contributed by atoms with Crippen molar-refractivity contribution >= 4 is 11.9 Å². The van der Waals surface area contributed by atoms with Crippen LogP contribution in [0, 0.1) is 11.7 Å². The molecule has 1 amide bonds. The molecule has 0 aliphatic carbocycles. The summed E-state index contributed by atoms with van der Waals surface area (Å²) >= 11 is 0. The maximum absolute atomic E-state index is 13.8. The number of aliphatic carboxylic acids is 1. The van der Waals surface area contributed by atoms with Crippen LogP contribution in [0.3, 0.4) is 0 Å². The molecule has 0 bridgehead atoms. The molecule has 0 saturated carbocycles. The molecule has 4 nitrogen and oxygen atoms in total. The van der Waals surface area contributed by atoms with Crippen molar-refractivity contribution in [1.29, 1.82) is 0 Å². The van der Waals surface area contributed by atoms with Crippen LogP contribution in [0.5, 0.6) is 0 Å². The summed E-state index contributed by atoms with van der Waals surface area (Å²) in [5, 5.41) is 9.86. The molecule has 5 heteroatoms. The van der Waals surface area contributed by atoms with Crippen molar-refractivity contribution < 1.29 is 19.1 Å². The Hall–Kier alpha value is -2.69. The molecule has 0 spiro atoms. The second-order valence-electron chi connectivity index (χ2n) is 7.28. The summed E-state index contributed by atoms with van der Waals surface area (Å²) in [4.78, 5) is 26.5. The summed E-state index contributed by atoms with van der Waals surface area (Å²) in [5.41, 5.74) is 0.357. The van der Waals surface area contributed by atoms with Crippen molar-refractivity contribution in [2.24, 2.45) is 5.92 Å². The van der Waals surface area contributed by atoms with Crippen molar-refractivity contribution in [3.8, 4) is 0 Å². The zero-order valence-corrected chi connectivity index (χ0v) is 15.4. The van der Waals surface area contributed by atoms with E-state index in [0.29, 0.717) is 37.9 Å². The number of benzene rings is 2. The average Bonchev–Trinajstić information content (AvgIpc) is 2.69. The van der Waals surface area contributed by atoms with Gasteiger partial charge in [-0.1, -0.05) is 55.5 Å². The van der Waals surface area contributed by atoms with Crippen LogP contribution in [0.4, 0.5) is 4.39 Å². The normalized spacial score (nSPS) is 17.3. The number of carbonyl (C=O) groups is 2. The van der Waals surface area contributed by atoms with Crippen LogP contribution >= 0.6 is 0 Å². The van der Waals surface area contributed by atoms with Gasteiger partial charge in [0.2, 0.25) is 5.91 Å². The van der Waals surface area contributed by atoms with Crippen molar-refractivity contribution in [3.63, 3.8) is 0 Å². The Labute approximate surface area is 158 Å². The second kappa shape index (κ2) is 7.91. The third kappa shape index (κ3) is 3.87. The lowest BCUT2D eigenvalue weighted by molar-refractivity contribution is -0.149. The number of hydrogen-bond acceptors (Lipinski definition) is 2. The Kier molecular flexibility index (Phi) is 5.59. The highest BCUT2D eigenvalue weighted by molar-refractivity contribution is 5.83. The van der Waals surface area contributed by atoms with E-state index in [1.807, 2.05) is 30.3 Å². The molecule has 1 atom stereocenters. The van der Waals surface area contributed by atoms with Gasteiger partial charge in [0.05, 0.1) is 5.41 Å². The highest BCUT2D eigenvalue weighted by Gasteiger charge is 2.44. The zero-order valence-electron chi connectivity index (χ0n) is 15.4. The number of carbonyl (C=O) groups excluding carboxylic acids is 1. The maximum Gasteiger partial charge on any atom is 0.314 e. The Balaban J connectivity index is 1.68. The van der Waals surface area contributed by atoms with E-state index in [1.165, 1.54) is 6.07 Å². The van der Waals surface area contributed by atoms with E-state index in [0.717, 1.165) is 5.56 Å². The lowest BCUT2D eigenvalue weighted by Crippen LogP contribution is -2.50. The molecule has 2 aromatic rings. The van der Waals surface area contributed by atoms with E-state index in [9.17, 15) is 19.1 Å². The third-order valence-electron chi connectivity index (χ3n) is 5.57. The van der Waals surface area contributed by atoms with Gasteiger partial charge >= 0.3 is 5.97 Å². The highest BCUT2D eigenvalue weighted by atomic mass is 19.1. The molecule has 1 aliphatic heterocycles. The van der Waals surface area contributed by atoms with Gasteiger partial charge in [-0.3, -0.25) is 9.59 Å². The van der Waals surface area contributed by atoms with E-state index in [2.05, 4.69) is 0 Å². The molecule has 2 aromatic carbocycles. The monoisotopic (exact) mass is 369 g/mol. The smallest absolute Gasteiger partial charge is 0.314 e. The average molecular weight is 369 g/mol. The quantitative estimate of drug-likeness (QED) is 0.875. The Morgan fingerprint density at radius 3 is 2.26 bits per heavy atom. The number of halogens is 1. The lowest BCUT2D eigenvalue weighted by atomic mass is 9.72. The topological polar surface area (TPSA) is 57.6 Å². The maximum atomic E-state index is 13.8. The molecule has 1 saturated heterocycles. The number of nitrogens with zero attached hydrogens (tertiary/aromatic N) is 1. The first-order valence-electron chi connectivity index (χ1n) is 9.25. The van der Waals surface area contributed by atoms with Gasteiger partial charge in [0, 0.05) is 19.0 Å². The van der Waals surface area contributed by atoms with Crippen LogP contribution in [-0.4, -0.2) is 35.0 Å². The number of likely N-dealkylation sites (tertiary alicyclic amines) is 1. The van der Waals surface area contributed by atoms with E-state index in [-0.39, 0.29) is 17.6 Å². The lowest BCUT2D eigenvalue weighted by Gasteiger charge is -2.40. The van der Waals surface area contributed by atoms with Gasteiger partial charge in [-0.2, -0.15) is 0 Å².